The molecule has 1 aromatic heterocycles. The number of nitrogens with one attached hydrogen (secondary N) is 1. The van der Waals surface area contributed by atoms with Gasteiger partial charge in [0.1, 0.15) is 11.9 Å². The van der Waals surface area contributed by atoms with Crippen LogP contribution < -0.4 is 10.1 Å². The molecule has 0 saturated heterocycles. The van der Waals surface area contributed by atoms with Crippen molar-refractivity contribution in [3.05, 3.63) is 28.5 Å². The number of ether oxygens (including phenoxy) is 1. The lowest BCUT2D eigenvalue weighted by Gasteiger charge is -2.22. The highest BCUT2D eigenvalue weighted by atomic mass is 35.5. The summed E-state index contributed by atoms with van der Waals surface area (Å²) in [7, 11) is 0. The lowest BCUT2D eigenvalue weighted by atomic mass is 9.98. The standard InChI is InChI=1S/C16H14Cl2N4O2/c1-16(7-19,9-2-3-9)22-13(23)6-24-15-11-4-10(17)5-12(18)14(11)20-8-21-15/h4-5,8-9H,2-3,6H2,1H3,(H,22,23)/t16-/m0/s1. The number of hydrogen-bond donors (Lipinski definition) is 1. The highest BCUT2D eigenvalue weighted by Crippen LogP contribution is 2.39. The number of hydrogen-bond acceptors (Lipinski definition) is 5. The van der Waals surface area contributed by atoms with Gasteiger partial charge in [-0.2, -0.15) is 5.26 Å². The maximum Gasteiger partial charge on any atom is 0.259 e. The van der Waals surface area contributed by atoms with E-state index >= 15 is 0 Å². The number of amides is 1. The number of nitriles is 1. The van der Waals surface area contributed by atoms with Crippen LogP contribution in [-0.4, -0.2) is 28.0 Å². The number of fused-ring (bicyclic) bond motifs is 1. The maximum absolute atomic E-state index is 12.1. The molecule has 1 heterocycles. The zero-order valence-corrected chi connectivity index (χ0v) is 14.4. The van der Waals surface area contributed by atoms with E-state index < -0.39 is 5.54 Å². The molecule has 0 spiro atoms. The summed E-state index contributed by atoms with van der Waals surface area (Å²) in [6.07, 6.45) is 3.19. The fourth-order valence-electron chi connectivity index (χ4n) is 2.53. The SMILES string of the molecule is C[C@@](C#N)(NC(=O)COc1ncnc2c(Cl)cc(Cl)cc12)C1CC1. The first-order chi connectivity index (χ1) is 11.4. The monoisotopic (exact) mass is 364 g/mol. The Morgan fingerprint density at radius 3 is 2.88 bits per heavy atom. The molecule has 8 heteroatoms. The topological polar surface area (TPSA) is 87.9 Å². The molecule has 6 nitrogen and oxygen atoms in total. The van der Waals surface area contributed by atoms with Crippen LogP contribution in [0.2, 0.25) is 10.0 Å². The molecule has 1 amide bonds. The van der Waals surface area contributed by atoms with Crippen LogP contribution >= 0.6 is 23.2 Å². The highest BCUT2D eigenvalue weighted by molar-refractivity contribution is 6.38. The van der Waals surface area contributed by atoms with Crippen LogP contribution in [0.1, 0.15) is 19.8 Å². The molecular weight excluding hydrogens is 351 g/mol. The summed E-state index contributed by atoms with van der Waals surface area (Å²) in [4.78, 5) is 20.2. The first-order valence-corrected chi connectivity index (χ1v) is 8.13. The molecule has 1 atom stereocenters. The van der Waals surface area contributed by atoms with Crippen molar-refractivity contribution in [1.82, 2.24) is 15.3 Å². The number of nitrogens with zero attached hydrogens (tertiary/aromatic N) is 3. The first-order valence-electron chi connectivity index (χ1n) is 7.38. The second-order valence-electron chi connectivity index (χ2n) is 5.89. The third kappa shape index (κ3) is 3.37. The highest BCUT2D eigenvalue weighted by Gasteiger charge is 2.43. The molecule has 1 aliphatic rings. The van der Waals surface area contributed by atoms with Crippen molar-refractivity contribution in [3.8, 4) is 11.9 Å². The Labute approximate surface area is 148 Å². The summed E-state index contributed by atoms with van der Waals surface area (Å²) < 4.78 is 5.49. The van der Waals surface area contributed by atoms with Crippen molar-refractivity contribution in [1.29, 1.82) is 5.26 Å². The Balaban J connectivity index is 1.74. The molecule has 1 fully saturated rings. The maximum atomic E-state index is 12.1. The molecular formula is C16H14Cl2N4O2. The summed E-state index contributed by atoms with van der Waals surface area (Å²) in [5.74, 6) is 0.0272. The van der Waals surface area contributed by atoms with Gasteiger partial charge in [0.2, 0.25) is 5.88 Å². The average molecular weight is 365 g/mol. The van der Waals surface area contributed by atoms with Gasteiger partial charge < -0.3 is 10.1 Å². The minimum absolute atomic E-state index is 0.198. The van der Waals surface area contributed by atoms with Gasteiger partial charge in [-0.1, -0.05) is 23.2 Å². The number of rotatable bonds is 5. The van der Waals surface area contributed by atoms with E-state index in [4.69, 9.17) is 27.9 Å². The number of carbonyl (C=O) groups excluding carboxylic acids is 1. The Morgan fingerprint density at radius 1 is 1.46 bits per heavy atom. The van der Waals surface area contributed by atoms with Crippen LogP contribution in [0.25, 0.3) is 10.9 Å². The predicted octanol–water partition coefficient (Wildman–Crippen LogP) is 3.12. The molecule has 1 aliphatic carbocycles. The van der Waals surface area contributed by atoms with Gasteiger partial charge in [-0.15, -0.1) is 0 Å². The summed E-state index contributed by atoms with van der Waals surface area (Å²) in [6.45, 7) is 1.46. The smallest absolute Gasteiger partial charge is 0.259 e. The summed E-state index contributed by atoms with van der Waals surface area (Å²) in [5, 5.41) is 13.3. The Bertz CT molecular complexity index is 848. The van der Waals surface area contributed by atoms with E-state index in [1.54, 1.807) is 19.1 Å². The number of halogens is 2. The van der Waals surface area contributed by atoms with E-state index in [2.05, 4.69) is 21.4 Å². The quantitative estimate of drug-likeness (QED) is 0.880. The summed E-state index contributed by atoms with van der Waals surface area (Å²) in [5.41, 5.74) is -0.368. The zero-order valence-electron chi connectivity index (χ0n) is 12.8. The van der Waals surface area contributed by atoms with Gasteiger partial charge in [0.05, 0.1) is 22.0 Å². The molecule has 0 aliphatic heterocycles. The lowest BCUT2D eigenvalue weighted by Crippen LogP contribution is -2.48. The molecule has 124 valence electrons. The first kappa shape index (κ1) is 16.7. The van der Waals surface area contributed by atoms with Crippen molar-refractivity contribution < 1.29 is 9.53 Å². The van der Waals surface area contributed by atoms with Crippen LogP contribution in [-0.2, 0) is 4.79 Å². The largest absolute Gasteiger partial charge is 0.467 e. The fraction of sp³-hybridized carbons (Fsp3) is 0.375. The van der Waals surface area contributed by atoms with E-state index in [1.165, 1.54) is 6.33 Å². The molecule has 2 aromatic rings. The lowest BCUT2D eigenvalue weighted by molar-refractivity contribution is -0.124. The van der Waals surface area contributed by atoms with Gasteiger partial charge in [-0.25, -0.2) is 9.97 Å². The van der Waals surface area contributed by atoms with E-state index in [1.807, 2.05) is 0 Å². The van der Waals surface area contributed by atoms with E-state index in [0.29, 0.717) is 20.9 Å². The third-order valence-electron chi connectivity index (χ3n) is 3.99. The minimum Gasteiger partial charge on any atom is -0.467 e. The van der Waals surface area contributed by atoms with Crippen molar-refractivity contribution >= 4 is 40.0 Å². The van der Waals surface area contributed by atoms with Crippen molar-refractivity contribution in [3.63, 3.8) is 0 Å². The van der Waals surface area contributed by atoms with Crippen LogP contribution in [0, 0.1) is 17.2 Å². The summed E-state index contributed by atoms with van der Waals surface area (Å²) >= 11 is 12.1. The van der Waals surface area contributed by atoms with E-state index in [0.717, 1.165) is 12.8 Å². The van der Waals surface area contributed by atoms with Crippen molar-refractivity contribution in [2.45, 2.75) is 25.3 Å². The van der Waals surface area contributed by atoms with E-state index in [9.17, 15) is 10.1 Å². The van der Waals surface area contributed by atoms with E-state index in [-0.39, 0.29) is 24.3 Å². The Hall–Kier alpha value is -2.10. The third-order valence-corrected chi connectivity index (χ3v) is 4.49. The number of aromatic nitrogens is 2. The Morgan fingerprint density at radius 2 is 2.21 bits per heavy atom. The van der Waals surface area contributed by atoms with Crippen LogP contribution in [0.5, 0.6) is 5.88 Å². The molecule has 1 saturated carbocycles. The van der Waals surface area contributed by atoms with Gasteiger partial charge in [0, 0.05) is 5.02 Å². The normalized spacial score (nSPS) is 16.2. The average Bonchev–Trinajstić information content (AvgIpc) is 3.38. The number of benzene rings is 1. The molecule has 1 N–H and O–H groups in total. The molecule has 3 rings (SSSR count). The second kappa shape index (κ2) is 6.42. The Kier molecular flexibility index (Phi) is 4.48. The van der Waals surface area contributed by atoms with Gasteiger partial charge in [0.25, 0.3) is 5.91 Å². The van der Waals surface area contributed by atoms with Crippen LogP contribution in [0.3, 0.4) is 0 Å². The van der Waals surface area contributed by atoms with Crippen molar-refractivity contribution in [2.24, 2.45) is 5.92 Å². The van der Waals surface area contributed by atoms with Gasteiger partial charge in [-0.3, -0.25) is 4.79 Å². The number of carbonyl (C=O) groups is 1. The second-order valence-corrected chi connectivity index (χ2v) is 6.73. The van der Waals surface area contributed by atoms with Crippen LogP contribution in [0.15, 0.2) is 18.5 Å². The van der Waals surface area contributed by atoms with Crippen LogP contribution in [0.4, 0.5) is 0 Å². The molecule has 0 unspecified atom stereocenters. The molecule has 0 bridgehead atoms. The van der Waals surface area contributed by atoms with Crippen molar-refractivity contribution in [2.75, 3.05) is 6.61 Å². The fourth-order valence-corrected chi connectivity index (χ4v) is 3.07. The van der Waals surface area contributed by atoms with Gasteiger partial charge in [-0.05, 0) is 37.8 Å². The zero-order chi connectivity index (χ0) is 17.3. The predicted molar refractivity (Wildman–Crippen MR) is 89.9 cm³/mol. The molecule has 1 aromatic carbocycles. The van der Waals surface area contributed by atoms with Gasteiger partial charge >= 0.3 is 0 Å². The van der Waals surface area contributed by atoms with Gasteiger partial charge in [0.15, 0.2) is 6.61 Å². The molecule has 24 heavy (non-hydrogen) atoms. The minimum atomic E-state index is -0.860. The summed E-state index contributed by atoms with van der Waals surface area (Å²) in [6, 6.07) is 5.36. The molecule has 0 radical (unpaired) electrons.